The van der Waals surface area contributed by atoms with E-state index in [0.717, 1.165) is 6.42 Å². The third kappa shape index (κ3) is 1.35. The maximum absolute atomic E-state index is 3.29. The Morgan fingerprint density at radius 2 is 1.86 bits per heavy atom. The van der Waals surface area contributed by atoms with E-state index in [9.17, 15) is 0 Å². The Kier molecular flexibility index (Phi) is 2.40. The highest BCUT2D eigenvalue weighted by atomic mass is 14.8. The van der Waals surface area contributed by atoms with Gasteiger partial charge in [0.1, 0.15) is 0 Å². The number of hydrogen-bond acceptors (Lipinski definition) is 1. The minimum atomic E-state index is 1.07. The molecule has 72 valence electrons. The van der Waals surface area contributed by atoms with Crippen LogP contribution < -0.4 is 5.32 Å². The summed E-state index contributed by atoms with van der Waals surface area (Å²) in [7, 11) is 1.99. The second-order valence-electron chi connectivity index (χ2n) is 3.42. The summed E-state index contributed by atoms with van der Waals surface area (Å²) < 4.78 is 0. The quantitative estimate of drug-likeness (QED) is 0.755. The van der Waals surface area contributed by atoms with Crippen LogP contribution in [-0.4, -0.2) is 7.05 Å². The number of benzene rings is 2. The van der Waals surface area contributed by atoms with Gasteiger partial charge in [0, 0.05) is 18.1 Å². The van der Waals surface area contributed by atoms with E-state index in [1.807, 2.05) is 7.05 Å². The fourth-order valence-electron chi connectivity index (χ4n) is 1.91. The van der Waals surface area contributed by atoms with E-state index in [-0.39, 0.29) is 0 Å². The SMILES string of the molecule is CCc1ccc2ccccc2c1NC. The zero-order valence-corrected chi connectivity index (χ0v) is 8.67. The highest BCUT2D eigenvalue weighted by Crippen LogP contribution is 2.27. The van der Waals surface area contributed by atoms with Crippen LogP contribution >= 0.6 is 0 Å². The largest absolute Gasteiger partial charge is 0.387 e. The number of hydrogen-bond donors (Lipinski definition) is 1. The van der Waals surface area contributed by atoms with Gasteiger partial charge in [-0.15, -0.1) is 0 Å². The van der Waals surface area contributed by atoms with Gasteiger partial charge in [0.2, 0.25) is 0 Å². The summed E-state index contributed by atoms with van der Waals surface area (Å²) in [6.45, 7) is 2.19. The Morgan fingerprint density at radius 1 is 1.07 bits per heavy atom. The second-order valence-corrected chi connectivity index (χ2v) is 3.42. The Labute approximate surface area is 84.8 Å². The molecule has 1 N–H and O–H groups in total. The van der Waals surface area contributed by atoms with Crippen molar-refractivity contribution in [3.8, 4) is 0 Å². The molecule has 0 aliphatic heterocycles. The predicted molar refractivity (Wildman–Crippen MR) is 62.9 cm³/mol. The average molecular weight is 185 g/mol. The molecule has 0 fully saturated rings. The van der Waals surface area contributed by atoms with Crippen LogP contribution in [0.5, 0.6) is 0 Å². The normalized spacial score (nSPS) is 10.4. The van der Waals surface area contributed by atoms with E-state index in [4.69, 9.17) is 0 Å². The van der Waals surface area contributed by atoms with Gasteiger partial charge >= 0.3 is 0 Å². The molecule has 0 aromatic heterocycles. The molecule has 0 saturated carbocycles. The van der Waals surface area contributed by atoms with Crippen molar-refractivity contribution in [1.82, 2.24) is 0 Å². The molecular formula is C13H15N. The Morgan fingerprint density at radius 3 is 2.57 bits per heavy atom. The van der Waals surface area contributed by atoms with Gasteiger partial charge in [0.15, 0.2) is 0 Å². The van der Waals surface area contributed by atoms with Crippen molar-refractivity contribution < 1.29 is 0 Å². The molecule has 2 aromatic rings. The van der Waals surface area contributed by atoms with Gasteiger partial charge in [-0.05, 0) is 17.4 Å². The third-order valence-corrected chi connectivity index (χ3v) is 2.65. The van der Waals surface area contributed by atoms with Gasteiger partial charge in [0.25, 0.3) is 0 Å². The van der Waals surface area contributed by atoms with E-state index >= 15 is 0 Å². The molecule has 14 heavy (non-hydrogen) atoms. The van der Waals surface area contributed by atoms with Crippen LogP contribution in [0.3, 0.4) is 0 Å². The third-order valence-electron chi connectivity index (χ3n) is 2.65. The topological polar surface area (TPSA) is 12.0 Å². The molecule has 0 aliphatic rings. The second kappa shape index (κ2) is 3.70. The van der Waals surface area contributed by atoms with Gasteiger partial charge < -0.3 is 5.32 Å². The van der Waals surface area contributed by atoms with Gasteiger partial charge in [-0.25, -0.2) is 0 Å². The molecule has 0 unspecified atom stereocenters. The number of fused-ring (bicyclic) bond motifs is 1. The molecule has 0 heterocycles. The minimum Gasteiger partial charge on any atom is -0.387 e. The van der Waals surface area contributed by atoms with Crippen LogP contribution in [0, 0.1) is 0 Å². The van der Waals surface area contributed by atoms with Crippen LogP contribution in [0.4, 0.5) is 5.69 Å². The molecule has 0 bridgehead atoms. The molecule has 0 atom stereocenters. The number of aryl methyl sites for hydroxylation is 1. The molecular weight excluding hydrogens is 170 g/mol. The van der Waals surface area contributed by atoms with Crippen LogP contribution in [0.2, 0.25) is 0 Å². The molecule has 0 saturated heterocycles. The van der Waals surface area contributed by atoms with E-state index < -0.39 is 0 Å². The van der Waals surface area contributed by atoms with Gasteiger partial charge in [-0.1, -0.05) is 43.3 Å². The van der Waals surface area contributed by atoms with Crippen LogP contribution in [0.15, 0.2) is 36.4 Å². The Hall–Kier alpha value is -1.50. The first kappa shape index (κ1) is 9.07. The van der Waals surface area contributed by atoms with Crippen molar-refractivity contribution in [2.45, 2.75) is 13.3 Å². The maximum atomic E-state index is 3.29. The molecule has 0 spiro atoms. The van der Waals surface area contributed by atoms with Crippen molar-refractivity contribution in [2.75, 3.05) is 12.4 Å². The summed E-state index contributed by atoms with van der Waals surface area (Å²) in [6, 6.07) is 12.9. The summed E-state index contributed by atoms with van der Waals surface area (Å²) in [5.74, 6) is 0. The van der Waals surface area contributed by atoms with Crippen molar-refractivity contribution >= 4 is 16.5 Å². The lowest BCUT2D eigenvalue weighted by Crippen LogP contribution is -1.95. The van der Waals surface area contributed by atoms with Crippen molar-refractivity contribution in [3.05, 3.63) is 42.0 Å². The molecule has 2 rings (SSSR count). The van der Waals surface area contributed by atoms with Crippen LogP contribution in [0.1, 0.15) is 12.5 Å². The Balaban J connectivity index is 2.77. The number of anilines is 1. The molecule has 1 heteroatoms. The summed E-state index contributed by atoms with van der Waals surface area (Å²) in [6.07, 6.45) is 1.07. The molecule has 2 aromatic carbocycles. The van der Waals surface area contributed by atoms with Crippen molar-refractivity contribution in [1.29, 1.82) is 0 Å². The van der Waals surface area contributed by atoms with Gasteiger partial charge in [0.05, 0.1) is 0 Å². The lowest BCUT2D eigenvalue weighted by molar-refractivity contribution is 1.14. The molecule has 0 amide bonds. The first-order chi connectivity index (χ1) is 6.86. The zero-order chi connectivity index (χ0) is 9.97. The van der Waals surface area contributed by atoms with E-state index in [1.165, 1.54) is 22.0 Å². The first-order valence-corrected chi connectivity index (χ1v) is 5.05. The van der Waals surface area contributed by atoms with Gasteiger partial charge in [-0.2, -0.15) is 0 Å². The zero-order valence-electron chi connectivity index (χ0n) is 8.67. The maximum Gasteiger partial charge on any atom is 0.0449 e. The minimum absolute atomic E-state index is 1.07. The fourth-order valence-corrected chi connectivity index (χ4v) is 1.91. The van der Waals surface area contributed by atoms with Crippen molar-refractivity contribution in [2.24, 2.45) is 0 Å². The smallest absolute Gasteiger partial charge is 0.0449 e. The van der Waals surface area contributed by atoms with Crippen molar-refractivity contribution in [3.63, 3.8) is 0 Å². The van der Waals surface area contributed by atoms with Crippen LogP contribution in [0.25, 0.3) is 10.8 Å². The standard InChI is InChI=1S/C13H15N/c1-3-10-8-9-11-6-4-5-7-12(11)13(10)14-2/h4-9,14H,3H2,1-2H3. The van der Waals surface area contributed by atoms with E-state index in [1.54, 1.807) is 0 Å². The highest BCUT2D eigenvalue weighted by molar-refractivity contribution is 5.95. The Bertz CT molecular complexity index is 446. The summed E-state index contributed by atoms with van der Waals surface area (Å²) >= 11 is 0. The van der Waals surface area contributed by atoms with E-state index in [0.29, 0.717) is 0 Å². The van der Waals surface area contributed by atoms with Gasteiger partial charge in [-0.3, -0.25) is 0 Å². The first-order valence-electron chi connectivity index (χ1n) is 5.05. The van der Waals surface area contributed by atoms with Crippen LogP contribution in [-0.2, 0) is 6.42 Å². The predicted octanol–water partition coefficient (Wildman–Crippen LogP) is 3.44. The fraction of sp³-hybridized carbons (Fsp3) is 0.231. The highest BCUT2D eigenvalue weighted by Gasteiger charge is 2.03. The molecule has 0 aliphatic carbocycles. The summed E-state index contributed by atoms with van der Waals surface area (Å²) in [4.78, 5) is 0. The average Bonchev–Trinajstić information content (AvgIpc) is 2.27. The molecule has 1 nitrogen and oxygen atoms in total. The number of nitrogens with one attached hydrogen (secondary N) is 1. The van der Waals surface area contributed by atoms with E-state index in [2.05, 4.69) is 48.6 Å². The lowest BCUT2D eigenvalue weighted by Gasteiger charge is -2.10. The lowest BCUT2D eigenvalue weighted by atomic mass is 10.0. The molecule has 0 radical (unpaired) electrons. The summed E-state index contributed by atoms with van der Waals surface area (Å²) in [5.41, 5.74) is 2.65. The number of rotatable bonds is 2. The monoisotopic (exact) mass is 185 g/mol. The summed E-state index contributed by atoms with van der Waals surface area (Å²) in [5, 5.41) is 5.90.